The fraction of sp³-hybridized carbons (Fsp3) is 0.172. The molecule has 36 heavy (non-hydrogen) atoms. The van der Waals surface area contributed by atoms with Gasteiger partial charge in [-0.15, -0.1) is 0 Å². The number of carbonyl (C=O) groups excluding carboxylic acids is 2. The lowest BCUT2D eigenvalue weighted by Crippen LogP contribution is -2.33. The second-order valence-corrected chi connectivity index (χ2v) is 9.18. The van der Waals surface area contributed by atoms with Gasteiger partial charge in [-0.25, -0.2) is 4.90 Å². The molecular formula is C29H22N2O5. The third kappa shape index (κ3) is 3.12. The van der Waals surface area contributed by atoms with Crippen LogP contribution in [0.1, 0.15) is 11.1 Å². The van der Waals surface area contributed by atoms with E-state index < -0.39 is 16.8 Å². The molecule has 2 amide bonds. The van der Waals surface area contributed by atoms with Gasteiger partial charge in [0.25, 0.3) is 5.69 Å². The molecule has 6 rings (SSSR count). The van der Waals surface area contributed by atoms with Crippen LogP contribution in [0, 0.1) is 33.8 Å². The summed E-state index contributed by atoms with van der Waals surface area (Å²) < 4.78 is 5.36. The van der Waals surface area contributed by atoms with E-state index in [1.165, 1.54) is 25.3 Å². The monoisotopic (exact) mass is 478 g/mol. The maximum Gasteiger partial charge on any atom is 0.271 e. The SMILES string of the molecule is COc1ccc([N+](=O)[O-])cc1N1C(=O)C2C3C=CC(C3=C(c3ccccc3)c3ccccc3)C2C1=O. The highest BCUT2D eigenvalue weighted by Crippen LogP contribution is 2.59. The summed E-state index contributed by atoms with van der Waals surface area (Å²) in [6.45, 7) is 0. The Labute approximate surface area is 207 Å². The van der Waals surface area contributed by atoms with Crippen molar-refractivity contribution in [3.05, 3.63) is 118 Å². The Morgan fingerprint density at radius 3 is 1.83 bits per heavy atom. The van der Waals surface area contributed by atoms with Gasteiger partial charge < -0.3 is 4.74 Å². The largest absolute Gasteiger partial charge is 0.495 e. The average Bonchev–Trinajstić information content (AvgIpc) is 3.54. The van der Waals surface area contributed by atoms with Crippen LogP contribution in [0.4, 0.5) is 11.4 Å². The summed E-state index contributed by atoms with van der Waals surface area (Å²) in [6, 6.07) is 24.0. The predicted octanol–water partition coefficient (Wildman–Crippen LogP) is 5.03. The summed E-state index contributed by atoms with van der Waals surface area (Å²) in [4.78, 5) is 39.5. The number of hydrogen-bond donors (Lipinski definition) is 0. The van der Waals surface area contributed by atoms with Crippen LogP contribution >= 0.6 is 0 Å². The minimum absolute atomic E-state index is 0.118. The van der Waals surface area contributed by atoms with Crippen LogP contribution < -0.4 is 9.64 Å². The van der Waals surface area contributed by atoms with E-state index in [1.807, 2.05) is 72.8 Å². The van der Waals surface area contributed by atoms with E-state index >= 15 is 0 Å². The molecule has 0 aromatic heterocycles. The fourth-order valence-corrected chi connectivity index (χ4v) is 6.01. The molecule has 0 N–H and O–H groups in total. The van der Waals surface area contributed by atoms with Crippen LogP contribution in [0.25, 0.3) is 5.57 Å². The third-order valence-electron chi connectivity index (χ3n) is 7.44. The Morgan fingerprint density at radius 2 is 1.36 bits per heavy atom. The second kappa shape index (κ2) is 8.30. The van der Waals surface area contributed by atoms with Crippen molar-refractivity contribution < 1.29 is 19.2 Å². The Bertz CT molecular complexity index is 1390. The molecule has 2 bridgehead atoms. The van der Waals surface area contributed by atoms with E-state index in [9.17, 15) is 19.7 Å². The number of nitrogens with zero attached hydrogens (tertiary/aromatic N) is 2. The Balaban J connectivity index is 1.48. The average molecular weight is 479 g/mol. The number of allylic oxidation sites excluding steroid dienone is 3. The first-order valence-electron chi connectivity index (χ1n) is 11.7. The summed E-state index contributed by atoms with van der Waals surface area (Å²) in [5, 5.41) is 11.4. The molecule has 2 fully saturated rings. The lowest BCUT2D eigenvalue weighted by Gasteiger charge is -2.22. The van der Waals surface area contributed by atoms with Gasteiger partial charge in [0.2, 0.25) is 11.8 Å². The van der Waals surface area contributed by atoms with Crippen LogP contribution in [-0.2, 0) is 9.59 Å². The molecule has 7 heteroatoms. The number of benzene rings is 3. The predicted molar refractivity (Wildman–Crippen MR) is 134 cm³/mol. The maximum absolute atomic E-state index is 13.8. The minimum Gasteiger partial charge on any atom is -0.495 e. The number of rotatable bonds is 5. The molecule has 4 atom stereocenters. The quantitative estimate of drug-likeness (QED) is 0.222. The number of amides is 2. The first kappa shape index (κ1) is 22.0. The number of nitro groups is 1. The van der Waals surface area contributed by atoms with Crippen LogP contribution in [0.5, 0.6) is 5.75 Å². The van der Waals surface area contributed by atoms with Crippen molar-refractivity contribution in [3.63, 3.8) is 0 Å². The van der Waals surface area contributed by atoms with Gasteiger partial charge in [0.1, 0.15) is 11.4 Å². The highest BCUT2D eigenvalue weighted by molar-refractivity contribution is 6.24. The van der Waals surface area contributed by atoms with E-state index in [0.717, 1.165) is 27.2 Å². The Morgan fingerprint density at radius 1 is 0.833 bits per heavy atom. The summed E-state index contributed by atoms with van der Waals surface area (Å²) in [7, 11) is 1.41. The van der Waals surface area contributed by atoms with Gasteiger partial charge in [-0.2, -0.15) is 0 Å². The van der Waals surface area contributed by atoms with Crippen molar-refractivity contribution in [1.29, 1.82) is 0 Å². The normalized spacial score (nSPS) is 23.8. The van der Waals surface area contributed by atoms with Crippen molar-refractivity contribution in [2.24, 2.45) is 23.7 Å². The summed E-state index contributed by atoms with van der Waals surface area (Å²) >= 11 is 0. The topological polar surface area (TPSA) is 89.8 Å². The van der Waals surface area contributed by atoms with E-state index in [4.69, 9.17) is 4.74 Å². The number of non-ortho nitro benzene ring substituents is 1. The summed E-state index contributed by atoms with van der Waals surface area (Å²) in [6.07, 6.45) is 4.07. The Kier molecular flexibility index (Phi) is 5.07. The lowest BCUT2D eigenvalue weighted by atomic mass is 9.85. The molecule has 7 nitrogen and oxygen atoms in total. The number of imide groups is 1. The standard InChI is InChI=1S/C29H22N2O5/c1-36-23-15-12-19(31(34)35)16-22(23)30-28(32)26-20-13-14-21(27(26)29(30)33)25(20)24(17-8-4-2-5-9-17)18-10-6-3-7-11-18/h2-16,20-21,26-27H,1H3. The molecule has 3 aliphatic rings. The van der Waals surface area contributed by atoms with Crippen molar-refractivity contribution >= 4 is 28.8 Å². The summed E-state index contributed by atoms with van der Waals surface area (Å²) in [5.74, 6) is -2.05. The molecule has 1 heterocycles. The molecule has 4 unspecified atom stereocenters. The maximum atomic E-state index is 13.8. The third-order valence-corrected chi connectivity index (χ3v) is 7.44. The van der Waals surface area contributed by atoms with E-state index in [0.29, 0.717) is 0 Å². The van der Waals surface area contributed by atoms with Gasteiger partial charge >= 0.3 is 0 Å². The number of nitro benzene ring substituents is 1. The molecule has 3 aromatic rings. The summed E-state index contributed by atoms with van der Waals surface area (Å²) in [5.41, 5.74) is 4.11. The van der Waals surface area contributed by atoms with E-state index in [-0.39, 0.29) is 40.8 Å². The van der Waals surface area contributed by atoms with Gasteiger partial charge in [0.15, 0.2) is 0 Å². The highest BCUT2D eigenvalue weighted by Gasteiger charge is 2.62. The molecular weight excluding hydrogens is 456 g/mol. The second-order valence-electron chi connectivity index (χ2n) is 9.18. The number of ether oxygens (including phenoxy) is 1. The number of carbonyl (C=O) groups is 2. The number of fused-ring (bicyclic) bond motifs is 5. The number of hydrogen-bond acceptors (Lipinski definition) is 5. The van der Waals surface area contributed by atoms with Crippen molar-refractivity contribution in [3.8, 4) is 5.75 Å². The van der Waals surface area contributed by atoms with Crippen LogP contribution in [0.15, 0.2) is 96.6 Å². The zero-order valence-corrected chi connectivity index (χ0v) is 19.4. The van der Waals surface area contributed by atoms with Crippen LogP contribution in [-0.4, -0.2) is 23.8 Å². The molecule has 1 saturated carbocycles. The van der Waals surface area contributed by atoms with Gasteiger partial charge in [-0.05, 0) is 28.3 Å². The van der Waals surface area contributed by atoms with Gasteiger partial charge in [-0.1, -0.05) is 72.8 Å². The minimum atomic E-state index is -0.561. The van der Waals surface area contributed by atoms with Gasteiger partial charge in [0.05, 0.1) is 23.9 Å². The molecule has 178 valence electrons. The smallest absolute Gasteiger partial charge is 0.271 e. The zero-order chi connectivity index (χ0) is 25.0. The van der Waals surface area contributed by atoms with Crippen molar-refractivity contribution in [1.82, 2.24) is 0 Å². The van der Waals surface area contributed by atoms with Gasteiger partial charge in [0, 0.05) is 24.0 Å². The molecule has 3 aromatic carbocycles. The van der Waals surface area contributed by atoms with Crippen molar-refractivity contribution in [2.45, 2.75) is 0 Å². The fourth-order valence-electron chi connectivity index (χ4n) is 6.01. The van der Waals surface area contributed by atoms with Crippen molar-refractivity contribution in [2.75, 3.05) is 12.0 Å². The van der Waals surface area contributed by atoms with Gasteiger partial charge in [-0.3, -0.25) is 19.7 Å². The molecule has 1 saturated heterocycles. The Hall–Kier alpha value is -4.52. The molecule has 1 aliphatic heterocycles. The van der Waals surface area contributed by atoms with E-state index in [2.05, 4.69) is 0 Å². The first-order valence-corrected chi connectivity index (χ1v) is 11.7. The van der Waals surface area contributed by atoms with E-state index in [1.54, 1.807) is 0 Å². The van der Waals surface area contributed by atoms with Crippen LogP contribution in [0.2, 0.25) is 0 Å². The molecule has 0 radical (unpaired) electrons. The molecule has 0 spiro atoms. The number of anilines is 1. The van der Waals surface area contributed by atoms with Crippen LogP contribution in [0.3, 0.4) is 0 Å². The highest BCUT2D eigenvalue weighted by atomic mass is 16.6. The lowest BCUT2D eigenvalue weighted by molar-refractivity contribution is -0.384. The first-order chi connectivity index (χ1) is 17.5. The molecule has 2 aliphatic carbocycles. The zero-order valence-electron chi connectivity index (χ0n) is 19.4. The number of methoxy groups -OCH3 is 1.